The van der Waals surface area contributed by atoms with E-state index in [1.807, 2.05) is 54.6 Å². The summed E-state index contributed by atoms with van der Waals surface area (Å²) in [5.41, 5.74) is 4.30. The van der Waals surface area contributed by atoms with Crippen LogP contribution in [0.3, 0.4) is 0 Å². The van der Waals surface area contributed by atoms with Crippen molar-refractivity contribution >= 4 is 23.2 Å². The summed E-state index contributed by atoms with van der Waals surface area (Å²) in [6.07, 6.45) is 0.842. The third-order valence-electron chi connectivity index (χ3n) is 5.78. The van der Waals surface area contributed by atoms with E-state index < -0.39 is 0 Å². The number of hydrogen-bond acceptors (Lipinski definition) is 4. The van der Waals surface area contributed by atoms with Crippen molar-refractivity contribution in [2.24, 2.45) is 0 Å². The molecule has 1 aliphatic heterocycles. The first-order valence-corrected chi connectivity index (χ1v) is 11.0. The number of aromatic nitrogens is 2. The van der Waals surface area contributed by atoms with E-state index >= 15 is 0 Å². The summed E-state index contributed by atoms with van der Waals surface area (Å²) in [4.78, 5) is 39.5. The van der Waals surface area contributed by atoms with Gasteiger partial charge in [-0.25, -0.2) is 4.68 Å². The molecular weight excluding hydrogens is 428 g/mol. The first kappa shape index (κ1) is 21.3. The van der Waals surface area contributed by atoms with Gasteiger partial charge < -0.3 is 10.2 Å². The zero-order valence-electron chi connectivity index (χ0n) is 18.3. The average molecular weight is 450 g/mol. The van der Waals surface area contributed by atoms with Crippen molar-refractivity contribution in [1.82, 2.24) is 9.78 Å². The Morgan fingerprint density at radius 2 is 1.59 bits per heavy atom. The van der Waals surface area contributed by atoms with Gasteiger partial charge in [-0.3, -0.25) is 14.4 Å². The molecule has 0 spiro atoms. The number of fused-ring (bicyclic) bond motifs is 1. The second-order valence-electron chi connectivity index (χ2n) is 8.04. The minimum atomic E-state index is -0.382. The predicted octanol–water partition coefficient (Wildman–Crippen LogP) is 3.75. The second-order valence-corrected chi connectivity index (χ2v) is 8.04. The van der Waals surface area contributed by atoms with Crippen molar-refractivity contribution in [3.05, 3.63) is 112 Å². The normalized spacial score (nSPS) is 12.3. The number of nitrogens with one attached hydrogen (secondary N) is 1. The highest BCUT2D eigenvalue weighted by atomic mass is 16.2. The lowest BCUT2D eigenvalue weighted by atomic mass is 10.1. The Bertz CT molecular complexity index is 1410. The summed E-state index contributed by atoms with van der Waals surface area (Å²) in [6, 6.07) is 27.1. The van der Waals surface area contributed by atoms with Crippen LogP contribution in [0.25, 0.3) is 11.3 Å². The Morgan fingerprint density at radius 1 is 0.853 bits per heavy atom. The van der Waals surface area contributed by atoms with Crippen molar-refractivity contribution in [3.8, 4) is 11.3 Å². The standard InChI is InChI=1S/C27H22N4O3/c32-25(18-31-26(33)15-14-23(29-31)19-6-2-1-3-7-19)28-22-12-10-21(11-13-22)27(34)30-17-16-20-8-4-5-9-24(20)30/h1-15H,16-18H2,(H,28,32). The van der Waals surface area contributed by atoms with E-state index in [0.717, 1.165) is 22.4 Å². The lowest BCUT2D eigenvalue weighted by Gasteiger charge is -2.17. The maximum Gasteiger partial charge on any atom is 0.267 e. The Kier molecular flexibility index (Phi) is 5.74. The van der Waals surface area contributed by atoms with Gasteiger partial charge in [-0.15, -0.1) is 0 Å². The van der Waals surface area contributed by atoms with Crippen LogP contribution in [-0.2, 0) is 17.8 Å². The molecule has 5 rings (SSSR count). The van der Waals surface area contributed by atoms with Gasteiger partial charge in [0, 0.05) is 35.1 Å². The fraction of sp³-hybridized carbons (Fsp3) is 0.111. The van der Waals surface area contributed by atoms with Gasteiger partial charge in [0.05, 0.1) is 5.69 Å². The quantitative estimate of drug-likeness (QED) is 0.502. The molecular formula is C27H22N4O3. The second kappa shape index (κ2) is 9.15. The highest BCUT2D eigenvalue weighted by Gasteiger charge is 2.25. The number of amides is 2. The van der Waals surface area contributed by atoms with Crippen molar-refractivity contribution < 1.29 is 9.59 Å². The molecule has 0 unspecified atom stereocenters. The molecule has 4 aromatic rings. The zero-order chi connectivity index (χ0) is 23.5. The SMILES string of the molecule is O=C(Cn1nc(-c2ccccc2)ccc1=O)Nc1ccc(C(=O)N2CCc3ccccc32)cc1. The smallest absolute Gasteiger partial charge is 0.267 e. The molecule has 168 valence electrons. The van der Waals surface area contributed by atoms with E-state index in [4.69, 9.17) is 0 Å². The molecule has 2 amide bonds. The first-order valence-electron chi connectivity index (χ1n) is 11.0. The third-order valence-corrected chi connectivity index (χ3v) is 5.78. The Balaban J connectivity index is 1.26. The van der Waals surface area contributed by atoms with Crippen LogP contribution in [0.4, 0.5) is 11.4 Å². The van der Waals surface area contributed by atoms with Crippen molar-refractivity contribution in [2.75, 3.05) is 16.8 Å². The Hall–Kier alpha value is -4.52. The van der Waals surface area contributed by atoms with Crippen LogP contribution in [0.5, 0.6) is 0 Å². The largest absolute Gasteiger partial charge is 0.324 e. The third kappa shape index (κ3) is 4.36. The van der Waals surface area contributed by atoms with Gasteiger partial charge in [0.2, 0.25) is 5.91 Å². The minimum Gasteiger partial charge on any atom is -0.324 e. The minimum absolute atomic E-state index is 0.0729. The van der Waals surface area contributed by atoms with Crippen LogP contribution in [0.15, 0.2) is 95.8 Å². The topological polar surface area (TPSA) is 84.3 Å². The van der Waals surface area contributed by atoms with Crippen LogP contribution in [0.1, 0.15) is 15.9 Å². The molecule has 1 N–H and O–H groups in total. The average Bonchev–Trinajstić information content (AvgIpc) is 3.30. The molecule has 34 heavy (non-hydrogen) atoms. The summed E-state index contributed by atoms with van der Waals surface area (Å²) >= 11 is 0. The molecule has 0 saturated heterocycles. The summed E-state index contributed by atoms with van der Waals surface area (Å²) in [7, 11) is 0. The predicted molar refractivity (Wildman–Crippen MR) is 131 cm³/mol. The van der Waals surface area contributed by atoms with Gasteiger partial charge in [-0.05, 0) is 48.4 Å². The van der Waals surface area contributed by atoms with E-state index in [1.165, 1.54) is 11.6 Å². The van der Waals surface area contributed by atoms with Crippen LogP contribution in [-0.4, -0.2) is 28.1 Å². The molecule has 0 fully saturated rings. The number of hydrogen-bond donors (Lipinski definition) is 1. The van der Waals surface area contributed by atoms with Gasteiger partial charge in [0.1, 0.15) is 6.54 Å². The van der Waals surface area contributed by atoms with E-state index in [1.54, 1.807) is 35.2 Å². The Morgan fingerprint density at radius 3 is 2.38 bits per heavy atom. The van der Waals surface area contributed by atoms with Crippen LogP contribution in [0.2, 0.25) is 0 Å². The molecule has 0 bridgehead atoms. The Labute approximate surface area is 196 Å². The van der Waals surface area contributed by atoms with E-state index in [0.29, 0.717) is 23.5 Å². The molecule has 1 aliphatic rings. The molecule has 0 atom stereocenters. The zero-order valence-corrected chi connectivity index (χ0v) is 18.3. The van der Waals surface area contributed by atoms with E-state index in [2.05, 4.69) is 10.4 Å². The summed E-state index contributed by atoms with van der Waals surface area (Å²) in [5.74, 6) is -0.455. The van der Waals surface area contributed by atoms with Gasteiger partial charge >= 0.3 is 0 Å². The van der Waals surface area contributed by atoms with Crippen molar-refractivity contribution in [2.45, 2.75) is 13.0 Å². The fourth-order valence-corrected chi connectivity index (χ4v) is 4.06. The number of benzene rings is 3. The molecule has 2 heterocycles. The van der Waals surface area contributed by atoms with Gasteiger partial charge in [0.15, 0.2) is 0 Å². The monoisotopic (exact) mass is 450 g/mol. The summed E-state index contributed by atoms with van der Waals surface area (Å²) in [6.45, 7) is 0.436. The molecule has 7 nitrogen and oxygen atoms in total. The first-order chi connectivity index (χ1) is 16.6. The number of carbonyl (C=O) groups is 2. The molecule has 0 radical (unpaired) electrons. The van der Waals surface area contributed by atoms with Crippen LogP contribution >= 0.6 is 0 Å². The lowest BCUT2D eigenvalue weighted by molar-refractivity contribution is -0.117. The maximum absolute atomic E-state index is 13.0. The van der Waals surface area contributed by atoms with E-state index in [9.17, 15) is 14.4 Å². The fourth-order valence-electron chi connectivity index (χ4n) is 4.06. The van der Waals surface area contributed by atoms with Crippen molar-refractivity contribution in [1.29, 1.82) is 0 Å². The lowest BCUT2D eigenvalue weighted by Crippen LogP contribution is -2.29. The maximum atomic E-state index is 13.0. The van der Waals surface area contributed by atoms with Gasteiger partial charge in [-0.2, -0.15) is 5.10 Å². The van der Waals surface area contributed by atoms with E-state index in [-0.39, 0.29) is 23.9 Å². The summed E-state index contributed by atoms with van der Waals surface area (Å²) in [5, 5.41) is 7.08. The molecule has 0 saturated carbocycles. The highest BCUT2D eigenvalue weighted by Crippen LogP contribution is 2.29. The van der Waals surface area contributed by atoms with Crippen LogP contribution < -0.4 is 15.8 Å². The summed E-state index contributed by atoms with van der Waals surface area (Å²) < 4.78 is 1.14. The number of nitrogens with zero attached hydrogens (tertiary/aromatic N) is 3. The number of carbonyl (C=O) groups excluding carboxylic acids is 2. The van der Waals surface area contributed by atoms with Gasteiger partial charge in [0.25, 0.3) is 11.5 Å². The highest BCUT2D eigenvalue weighted by molar-refractivity contribution is 6.07. The van der Waals surface area contributed by atoms with Crippen LogP contribution in [0, 0.1) is 0 Å². The molecule has 7 heteroatoms. The number of rotatable bonds is 5. The van der Waals surface area contributed by atoms with Gasteiger partial charge in [-0.1, -0.05) is 48.5 Å². The van der Waals surface area contributed by atoms with Crippen molar-refractivity contribution in [3.63, 3.8) is 0 Å². The number of para-hydroxylation sites is 1. The molecule has 0 aliphatic carbocycles. The molecule has 1 aromatic heterocycles. The molecule has 3 aromatic carbocycles. The number of anilines is 2.